The second kappa shape index (κ2) is 10.8. The molecule has 8 heteroatoms. The van der Waals surface area contributed by atoms with Gasteiger partial charge in [0.05, 0.1) is 16.6 Å². The quantitative estimate of drug-likeness (QED) is 0.638. The van der Waals surface area contributed by atoms with E-state index in [0.29, 0.717) is 36.2 Å². The van der Waals surface area contributed by atoms with E-state index in [9.17, 15) is 9.59 Å². The summed E-state index contributed by atoms with van der Waals surface area (Å²) in [6.45, 7) is 4.46. The molecule has 1 aromatic carbocycles. The van der Waals surface area contributed by atoms with Gasteiger partial charge in [0.25, 0.3) is 5.91 Å². The van der Waals surface area contributed by atoms with E-state index in [-0.39, 0.29) is 11.8 Å². The highest BCUT2D eigenvalue weighted by molar-refractivity contribution is 7.09. The number of hydrogen-bond acceptors (Lipinski definition) is 6. The molecule has 1 saturated carbocycles. The molecule has 2 aromatic rings. The Balaban J connectivity index is 1.12. The molecule has 2 aliphatic heterocycles. The van der Waals surface area contributed by atoms with Crippen molar-refractivity contribution in [2.75, 3.05) is 44.2 Å². The molecule has 2 saturated heterocycles. The molecule has 2 amide bonds. The summed E-state index contributed by atoms with van der Waals surface area (Å²) in [5.41, 5.74) is 2.29. The molecule has 3 heterocycles. The summed E-state index contributed by atoms with van der Waals surface area (Å²) in [5, 5.41) is 11.9. The first-order chi connectivity index (χ1) is 17.1. The number of carbonyl (C=O) groups is 2. The number of amides is 2. The van der Waals surface area contributed by atoms with Crippen molar-refractivity contribution in [1.29, 1.82) is 5.26 Å². The van der Waals surface area contributed by atoms with Crippen LogP contribution in [0.3, 0.4) is 0 Å². The molecule has 1 aliphatic carbocycles. The van der Waals surface area contributed by atoms with E-state index in [1.807, 2.05) is 34.5 Å². The van der Waals surface area contributed by atoms with Crippen molar-refractivity contribution in [3.8, 4) is 6.07 Å². The Kier molecular flexibility index (Phi) is 7.33. The molecule has 5 rings (SSSR count). The Labute approximate surface area is 211 Å². The fourth-order valence-electron chi connectivity index (χ4n) is 5.60. The Morgan fingerprint density at radius 2 is 1.57 bits per heavy atom. The van der Waals surface area contributed by atoms with Crippen molar-refractivity contribution < 1.29 is 9.59 Å². The predicted octanol–water partition coefficient (Wildman–Crippen LogP) is 4.26. The summed E-state index contributed by atoms with van der Waals surface area (Å²) in [7, 11) is 0. The van der Waals surface area contributed by atoms with E-state index in [1.165, 1.54) is 19.3 Å². The lowest BCUT2D eigenvalue weighted by molar-refractivity contribution is -0.137. The van der Waals surface area contributed by atoms with Crippen LogP contribution < -0.4 is 4.90 Å². The monoisotopic (exact) mass is 491 g/mol. The maximum Gasteiger partial charge on any atom is 0.273 e. The summed E-state index contributed by atoms with van der Waals surface area (Å²) in [4.78, 5) is 36.9. The molecule has 3 fully saturated rings. The third-order valence-corrected chi connectivity index (χ3v) is 8.79. The summed E-state index contributed by atoms with van der Waals surface area (Å²) in [6.07, 6.45) is 7.62. The smallest absolute Gasteiger partial charge is 0.273 e. The Morgan fingerprint density at radius 1 is 0.886 bits per heavy atom. The Hall–Kier alpha value is -2.92. The van der Waals surface area contributed by atoms with Gasteiger partial charge < -0.3 is 14.7 Å². The van der Waals surface area contributed by atoms with Gasteiger partial charge in [-0.25, -0.2) is 4.98 Å². The first-order valence-electron chi connectivity index (χ1n) is 12.9. The maximum absolute atomic E-state index is 13.1. The lowest BCUT2D eigenvalue weighted by Crippen LogP contribution is -2.48. The number of carbonyl (C=O) groups excluding carboxylic acids is 2. The second-order valence-corrected chi connectivity index (χ2v) is 10.8. The van der Waals surface area contributed by atoms with E-state index in [1.54, 1.807) is 11.3 Å². The molecule has 3 aliphatic rings. The van der Waals surface area contributed by atoms with Crippen molar-refractivity contribution >= 4 is 28.8 Å². The minimum atomic E-state index is 0.0110. The van der Waals surface area contributed by atoms with Gasteiger partial charge in [-0.15, -0.1) is 11.3 Å². The van der Waals surface area contributed by atoms with Crippen molar-refractivity contribution in [1.82, 2.24) is 14.8 Å². The SMILES string of the molecule is N#Cc1ccc(N2CCN(C(=O)c3csc(C4CCN(C(=O)C5CCCCC5)CC4)n3)CC2)cc1. The first-order valence-corrected chi connectivity index (χ1v) is 13.8. The summed E-state index contributed by atoms with van der Waals surface area (Å²) in [5.74, 6) is 0.946. The molecule has 1 aromatic heterocycles. The number of likely N-dealkylation sites (tertiary alicyclic amines) is 1. The van der Waals surface area contributed by atoms with Gasteiger partial charge >= 0.3 is 0 Å². The fraction of sp³-hybridized carbons (Fsp3) is 0.556. The van der Waals surface area contributed by atoms with Gasteiger partial charge in [0, 0.05) is 62.2 Å². The zero-order chi connectivity index (χ0) is 24.2. The number of rotatable bonds is 4. The van der Waals surface area contributed by atoms with Crippen LogP contribution in [-0.2, 0) is 4.79 Å². The average Bonchev–Trinajstić information content (AvgIpc) is 3.43. The largest absolute Gasteiger partial charge is 0.368 e. The Bertz CT molecular complexity index is 1070. The number of benzene rings is 1. The summed E-state index contributed by atoms with van der Waals surface area (Å²) < 4.78 is 0. The lowest BCUT2D eigenvalue weighted by Gasteiger charge is -2.36. The molecule has 184 valence electrons. The molecule has 0 spiro atoms. The minimum Gasteiger partial charge on any atom is -0.368 e. The number of nitriles is 1. The molecular weight excluding hydrogens is 458 g/mol. The van der Waals surface area contributed by atoms with Crippen LogP contribution in [0.1, 0.15) is 71.9 Å². The van der Waals surface area contributed by atoms with Crippen LogP contribution in [0.4, 0.5) is 5.69 Å². The van der Waals surface area contributed by atoms with Crippen LogP contribution in [0.15, 0.2) is 29.6 Å². The number of thiazole rings is 1. The zero-order valence-corrected chi connectivity index (χ0v) is 21.0. The van der Waals surface area contributed by atoms with Gasteiger partial charge in [0.1, 0.15) is 5.69 Å². The molecule has 0 atom stereocenters. The van der Waals surface area contributed by atoms with Gasteiger partial charge in [-0.1, -0.05) is 19.3 Å². The van der Waals surface area contributed by atoms with Crippen LogP contribution in [0.5, 0.6) is 0 Å². The molecule has 0 N–H and O–H groups in total. The van der Waals surface area contributed by atoms with E-state index >= 15 is 0 Å². The van der Waals surface area contributed by atoms with Gasteiger partial charge in [0.15, 0.2) is 0 Å². The van der Waals surface area contributed by atoms with Crippen molar-refractivity contribution in [3.63, 3.8) is 0 Å². The van der Waals surface area contributed by atoms with E-state index in [0.717, 1.165) is 62.6 Å². The maximum atomic E-state index is 13.1. The third kappa shape index (κ3) is 5.35. The van der Waals surface area contributed by atoms with Gasteiger partial charge in [-0.2, -0.15) is 5.26 Å². The molecule has 0 radical (unpaired) electrons. The van der Waals surface area contributed by atoms with Crippen LogP contribution in [-0.4, -0.2) is 65.9 Å². The van der Waals surface area contributed by atoms with Crippen molar-refractivity contribution in [3.05, 3.63) is 45.9 Å². The highest BCUT2D eigenvalue weighted by Gasteiger charge is 2.31. The van der Waals surface area contributed by atoms with Crippen LogP contribution >= 0.6 is 11.3 Å². The average molecular weight is 492 g/mol. The zero-order valence-electron chi connectivity index (χ0n) is 20.2. The summed E-state index contributed by atoms with van der Waals surface area (Å²) >= 11 is 1.59. The topological polar surface area (TPSA) is 80.5 Å². The highest BCUT2D eigenvalue weighted by atomic mass is 32.1. The molecular formula is C27H33N5O2S. The van der Waals surface area contributed by atoms with E-state index in [4.69, 9.17) is 10.2 Å². The minimum absolute atomic E-state index is 0.0110. The van der Waals surface area contributed by atoms with Crippen molar-refractivity contribution in [2.24, 2.45) is 5.92 Å². The molecule has 7 nitrogen and oxygen atoms in total. The predicted molar refractivity (Wildman–Crippen MR) is 137 cm³/mol. The number of piperidine rings is 1. The number of nitrogens with zero attached hydrogens (tertiary/aromatic N) is 5. The number of piperazine rings is 1. The number of hydrogen-bond donors (Lipinski definition) is 0. The van der Waals surface area contributed by atoms with Gasteiger partial charge in [-0.3, -0.25) is 9.59 Å². The van der Waals surface area contributed by atoms with Gasteiger partial charge in [0.2, 0.25) is 5.91 Å². The third-order valence-electron chi connectivity index (χ3n) is 7.78. The summed E-state index contributed by atoms with van der Waals surface area (Å²) in [6, 6.07) is 9.75. The van der Waals surface area contributed by atoms with Crippen LogP contribution in [0.25, 0.3) is 0 Å². The highest BCUT2D eigenvalue weighted by Crippen LogP contribution is 2.33. The lowest BCUT2D eigenvalue weighted by atomic mass is 9.87. The molecule has 0 bridgehead atoms. The van der Waals surface area contributed by atoms with Gasteiger partial charge in [-0.05, 0) is 49.9 Å². The number of aromatic nitrogens is 1. The second-order valence-electron chi connectivity index (χ2n) is 9.94. The standard InChI is InChI=1S/C27H33N5O2S/c28-18-20-6-8-23(9-7-20)30-14-16-32(17-15-30)27(34)24-19-35-25(29-24)21-10-12-31(13-11-21)26(33)22-4-2-1-3-5-22/h6-9,19,21-22H,1-5,10-17H2. The fourth-order valence-corrected chi connectivity index (χ4v) is 6.57. The Morgan fingerprint density at radius 3 is 2.23 bits per heavy atom. The van der Waals surface area contributed by atoms with Crippen LogP contribution in [0.2, 0.25) is 0 Å². The molecule has 35 heavy (non-hydrogen) atoms. The van der Waals surface area contributed by atoms with Crippen LogP contribution in [0, 0.1) is 17.2 Å². The molecule has 0 unspecified atom stereocenters. The van der Waals surface area contributed by atoms with E-state index in [2.05, 4.69) is 15.9 Å². The number of anilines is 1. The normalized spacial score (nSPS) is 20.0. The van der Waals surface area contributed by atoms with E-state index < -0.39 is 0 Å². The first kappa shape index (κ1) is 23.8. The van der Waals surface area contributed by atoms with Crippen molar-refractivity contribution in [2.45, 2.75) is 50.9 Å².